The molecule has 2 unspecified atom stereocenters. The number of hydrogen-bond donors (Lipinski definition) is 0. The van der Waals surface area contributed by atoms with Crippen molar-refractivity contribution >= 4 is 10.9 Å². The van der Waals surface area contributed by atoms with Crippen LogP contribution in [0.1, 0.15) is 34.7 Å². The Morgan fingerprint density at radius 1 is 1.03 bits per heavy atom. The summed E-state index contributed by atoms with van der Waals surface area (Å²) in [6, 6.07) is 16.4. The first kappa shape index (κ1) is 17.2. The number of likely N-dealkylation sites (N-methyl/N-ethyl adjacent to an activating group) is 1. The first-order valence-electron chi connectivity index (χ1n) is 10.9. The maximum atomic E-state index is 2.58. The molecular weight excluding hydrogens is 352 g/mol. The molecule has 3 aromatic rings. The number of nitrogens with zero attached hydrogens (tertiary/aromatic N) is 2. The third-order valence-electron chi connectivity index (χ3n) is 7.41. The van der Waals surface area contributed by atoms with E-state index < -0.39 is 0 Å². The van der Waals surface area contributed by atoms with Crippen LogP contribution in [-0.2, 0) is 19.4 Å². The Hall–Kier alpha value is -2.71. The van der Waals surface area contributed by atoms with Crippen LogP contribution in [0.5, 0.6) is 0 Å². The van der Waals surface area contributed by atoms with Crippen LogP contribution in [0.4, 0.5) is 0 Å². The normalized spacial score (nSPS) is 24.4. The fourth-order valence-corrected chi connectivity index (χ4v) is 5.93. The van der Waals surface area contributed by atoms with Crippen molar-refractivity contribution in [1.82, 2.24) is 0 Å². The quantitative estimate of drug-likeness (QED) is 0.374. The van der Waals surface area contributed by atoms with Crippen molar-refractivity contribution in [2.75, 3.05) is 13.6 Å². The molecule has 144 valence electrons. The Bertz CT molecular complexity index is 1220. The van der Waals surface area contributed by atoms with E-state index in [1.807, 2.05) is 0 Å². The van der Waals surface area contributed by atoms with E-state index in [0.29, 0.717) is 6.04 Å². The van der Waals surface area contributed by atoms with Gasteiger partial charge in [0.05, 0.1) is 25.4 Å². The highest BCUT2D eigenvalue weighted by molar-refractivity contribution is 5.79. The fraction of sp³-hybridized carbons (Fsp3) is 0.296. The van der Waals surface area contributed by atoms with Gasteiger partial charge < -0.3 is 0 Å². The lowest BCUT2D eigenvalue weighted by Gasteiger charge is -2.44. The summed E-state index contributed by atoms with van der Waals surface area (Å²) in [7, 11) is 2.40. The molecule has 0 saturated heterocycles. The molecule has 0 fully saturated rings. The van der Waals surface area contributed by atoms with Crippen molar-refractivity contribution in [3.05, 3.63) is 89.1 Å². The number of fused-ring (bicyclic) bond motifs is 9. The highest BCUT2D eigenvalue weighted by Gasteiger charge is 2.42. The number of aromatic nitrogens is 1. The molecule has 29 heavy (non-hydrogen) atoms. The molecule has 2 nitrogen and oxygen atoms in total. The number of pyridine rings is 1. The smallest absolute Gasteiger partial charge is 0.213 e. The summed E-state index contributed by atoms with van der Waals surface area (Å²) in [5.41, 5.74) is 10.5. The number of aryl methyl sites for hydroxylation is 3. The van der Waals surface area contributed by atoms with Crippen LogP contribution in [0, 0.1) is 6.92 Å². The van der Waals surface area contributed by atoms with Crippen LogP contribution in [0.15, 0.2) is 66.9 Å². The number of benzene rings is 2. The van der Waals surface area contributed by atoms with Gasteiger partial charge in [-0.3, -0.25) is 4.48 Å². The summed E-state index contributed by atoms with van der Waals surface area (Å²) >= 11 is 0. The molecule has 4 heterocycles. The second-order valence-electron chi connectivity index (χ2n) is 9.14. The molecule has 2 atom stereocenters. The lowest BCUT2D eigenvalue weighted by Crippen LogP contribution is -2.47. The van der Waals surface area contributed by atoms with Crippen LogP contribution in [0.25, 0.3) is 22.2 Å². The van der Waals surface area contributed by atoms with Gasteiger partial charge in [0.1, 0.15) is 12.6 Å². The Morgan fingerprint density at radius 2 is 1.93 bits per heavy atom. The lowest BCUT2D eigenvalue weighted by molar-refractivity contribution is -0.887. The molecule has 2 aromatic carbocycles. The van der Waals surface area contributed by atoms with E-state index in [-0.39, 0.29) is 0 Å². The molecule has 0 spiro atoms. The van der Waals surface area contributed by atoms with Gasteiger partial charge in [-0.05, 0) is 54.3 Å². The summed E-state index contributed by atoms with van der Waals surface area (Å²) < 4.78 is 3.57. The Labute approximate surface area is 173 Å². The van der Waals surface area contributed by atoms with Gasteiger partial charge in [-0.2, -0.15) is 4.57 Å². The zero-order valence-corrected chi connectivity index (χ0v) is 17.4. The Balaban J connectivity index is 1.71. The molecule has 0 bridgehead atoms. The van der Waals surface area contributed by atoms with Crippen molar-refractivity contribution in [3.63, 3.8) is 0 Å². The van der Waals surface area contributed by atoms with Gasteiger partial charge in [0.15, 0.2) is 0 Å². The maximum Gasteiger partial charge on any atom is 0.213 e. The molecular formula is C27H28N2+2. The summed E-state index contributed by atoms with van der Waals surface area (Å²) in [6.07, 6.45) is 12.8. The monoisotopic (exact) mass is 380 g/mol. The second-order valence-corrected chi connectivity index (χ2v) is 9.14. The van der Waals surface area contributed by atoms with Crippen molar-refractivity contribution in [1.29, 1.82) is 0 Å². The third kappa shape index (κ3) is 2.42. The fourth-order valence-electron chi connectivity index (χ4n) is 5.93. The van der Waals surface area contributed by atoms with Gasteiger partial charge in [0.25, 0.3) is 0 Å². The van der Waals surface area contributed by atoms with Crippen molar-refractivity contribution < 1.29 is 9.05 Å². The zero-order valence-electron chi connectivity index (χ0n) is 17.4. The number of para-hydroxylation sites is 1. The largest absolute Gasteiger partial charge is 0.290 e. The topological polar surface area (TPSA) is 3.88 Å². The van der Waals surface area contributed by atoms with Gasteiger partial charge >= 0.3 is 0 Å². The maximum absolute atomic E-state index is 2.58. The van der Waals surface area contributed by atoms with Gasteiger partial charge in [-0.1, -0.05) is 24.3 Å². The van der Waals surface area contributed by atoms with E-state index in [4.69, 9.17) is 0 Å². The van der Waals surface area contributed by atoms with Crippen LogP contribution in [-0.4, -0.2) is 18.1 Å². The van der Waals surface area contributed by atoms with Gasteiger partial charge in [0.2, 0.25) is 11.2 Å². The molecule has 6 rings (SSSR count). The lowest BCUT2D eigenvalue weighted by atomic mass is 9.80. The zero-order chi connectivity index (χ0) is 19.6. The van der Waals surface area contributed by atoms with Crippen molar-refractivity contribution in [2.45, 2.75) is 38.8 Å². The van der Waals surface area contributed by atoms with E-state index in [2.05, 4.69) is 85.4 Å². The molecule has 0 N–H and O–H groups in total. The molecule has 0 aliphatic carbocycles. The highest BCUT2D eigenvalue weighted by atomic mass is 15.3. The number of quaternary nitrogens is 1. The van der Waals surface area contributed by atoms with Crippen LogP contribution in [0.3, 0.4) is 0 Å². The number of allylic oxidation sites excluding steroid dienone is 2. The average Bonchev–Trinajstić information content (AvgIpc) is 2.92. The average molecular weight is 381 g/mol. The summed E-state index contributed by atoms with van der Waals surface area (Å²) in [5, 5.41) is 1.33. The molecule has 0 radical (unpaired) electrons. The molecule has 0 amide bonds. The molecule has 3 aliphatic rings. The molecule has 0 saturated carbocycles. The van der Waals surface area contributed by atoms with Crippen LogP contribution >= 0.6 is 0 Å². The highest BCUT2D eigenvalue weighted by Crippen LogP contribution is 2.46. The van der Waals surface area contributed by atoms with Crippen LogP contribution in [0.2, 0.25) is 0 Å². The van der Waals surface area contributed by atoms with Gasteiger partial charge in [-0.15, -0.1) is 0 Å². The minimum atomic E-state index is 0.412. The van der Waals surface area contributed by atoms with Gasteiger partial charge in [0, 0.05) is 35.9 Å². The van der Waals surface area contributed by atoms with Gasteiger partial charge in [-0.25, -0.2) is 0 Å². The minimum Gasteiger partial charge on any atom is -0.290 e. The van der Waals surface area contributed by atoms with Crippen molar-refractivity contribution in [2.24, 2.45) is 0 Å². The van der Waals surface area contributed by atoms with E-state index in [9.17, 15) is 0 Å². The van der Waals surface area contributed by atoms with E-state index in [0.717, 1.165) is 23.9 Å². The standard InChI is InChI=1S/C27H28N2/c1-19-18-21-9-7-15-28-23-10-4-3-8-20(23)12-13-24(28)26(21)27-22(19)14-17-29(2)16-6-5-11-25(27)29/h3-6,8,10-13,16,18,25H,7,9,14-15,17H2,1-2H3/q+2. The van der Waals surface area contributed by atoms with E-state index in [1.54, 1.807) is 16.7 Å². The predicted octanol–water partition coefficient (Wildman–Crippen LogP) is 5.18. The summed E-state index contributed by atoms with van der Waals surface area (Å²) in [4.78, 5) is 0. The molecule has 3 aliphatic heterocycles. The Kier molecular flexibility index (Phi) is 3.64. The first-order valence-corrected chi connectivity index (χ1v) is 10.9. The molecule has 1 aromatic heterocycles. The SMILES string of the molecule is Cc1cc2c(c3c1CC[N+]1(C)C=CC=CC31)-c1ccc3ccccc3[n+]1CCC2. The second kappa shape index (κ2) is 6.14. The first-order chi connectivity index (χ1) is 14.2. The third-order valence-corrected chi connectivity index (χ3v) is 7.41. The summed E-state index contributed by atoms with van der Waals surface area (Å²) in [6.45, 7) is 4.60. The van der Waals surface area contributed by atoms with Crippen LogP contribution < -0.4 is 4.57 Å². The van der Waals surface area contributed by atoms with E-state index >= 15 is 0 Å². The summed E-state index contributed by atoms with van der Waals surface area (Å²) in [5.74, 6) is 0. The molecule has 2 heteroatoms. The Morgan fingerprint density at radius 3 is 2.86 bits per heavy atom. The predicted molar refractivity (Wildman–Crippen MR) is 118 cm³/mol. The number of rotatable bonds is 0. The minimum absolute atomic E-state index is 0.412. The van der Waals surface area contributed by atoms with E-state index in [1.165, 1.54) is 40.7 Å². The van der Waals surface area contributed by atoms with Crippen molar-refractivity contribution in [3.8, 4) is 11.3 Å². The number of hydrogen-bond acceptors (Lipinski definition) is 0.